The fourth-order valence-corrected chi connectivity index (χ4v) is 6.58. The van der Waals surface area contributed by atoms with Crippen LogP contribution in [0.1, 0.15) is 53.2 Å². The van der Waals surface area contributed by atoms with Crippen LogP contribution in [0, 0.1) is 16.7 Å². The van der Waals surface area contributed by atoms with Crippen molar-refractivity contribution >= 4 is 17.5 Å². The summed E-state index contributed by atoms with van der Waals surface area (Å²) in [6.07, 6.45) is 2.43. The molecule has 1 atom stereocenters. The van der Waals surface area contributed by atoms with Crippen molar-refractivity contribution in [3.05, 3.63) is 71.3 Å². The van der Waals surface area contributed by atoms with Crippen molar-refractivity contribution in [2.24, 2.45) is 12.5 Å². The van der Waals surface area contributed by atoms with Crippen LogP contribution in [0.3, 0.4) is 0 Å². The van der Waals surface area contributed by atoms with Crippen molar-refractivity contribution in [2.75, 3.05) is 36.5 Å². The molecule has 248 valence electrons. The van der Waals surface area contributed by atoms with Gasteiger partial charge in [-0.05, 0) is 66.8 Å². The molecule has 48 heavy (non-hydrogen) atoms. The van der Waals surface area contributed by atoms with E-state index in [1.807, 2.05) is 31.0 Å². The number of anilines is 2. The molecule has 1 amide bonds. The van der Waals surface area contributed by atoms with Crippen molar-refractivity contribution in [3.8, 4) is 28.6 Å². The lowest BCUT2D eigenvalue weighted by molar-refractivity contribution is -0.138. The third kappa shape index (κ3) is 6.23. The Labute approximate surface area is 275 Å². The molecule has 5 heterocycles. The highest BCUT2D eigenvalue weighted by molar-refractivity contribution is 6.10. The number of alkyl halides is 3. The van der Waals surface area contributed by atoms with E-state index in [0.29, 0.717) is 61.0 Å². The van der Waals surface area contributed by atoms with Crippen LogP contribution in [0.15, 0.2) is 49.1 Å². The summed E-state index contributed by atoms with van der Waals surface area (Å²) in [6, 6.07) is 10.3. The van der Waals surface area contributed by atoms with E-state index in [4.69, 9.17) is 9.72 Å². The Kier molecular flexibility index (Phi) is 8.13. The number of carbonyl (C=O) groups excluding carboxylic acids is 1. The smallest absolute Gasteiger partial charge is 0.376 e. The topological polar surface area (TPSA) is 125 Å². The molecule has 1 N–H and O–H groups in total. The fourth-order valence-electron chi connectivity index (χ4n) is 6.58. The van der Waals surface area contributed by atoms with Gasteiger partial charge in [-0.1, -0.05) is 0 Å². The molecule has 0 radical (unpaired) electrons. The zero-order valence-electron chi connectivity index (χ0n) is 26.6. The van der Waals surface area contributed by atoms with Crippen molar-refractivity contribution < 1.29 is 22.7 Å². The number of halogens is 3. The third-order valence-electron chi connectivity index (χ3n) is 9.37. The Morgan fingerprint density at radius 1 is 1.17 bits per heavy atom. The first kappa shape index (κ1) is 31.7. The molecule has 1 saturated heterocycles. The minimum absolute atomic E-state index is 0.0231. The summed E-state index contributed by atoms with van der Waals surface area (Å²) >= 11 is 0. The van der Waals surface area contributed by atoms with Gasteiger partial charge in [0.25, 0.3) is 5.91 Å². The van der Waals surface area contributed by atoms with Crippen molar-refractivity contribution in [3.63, 3.8) is 0 Å². The molecule has 7 rings (SSSR count). The standard InChI is InChI=1S/C34H34F3N9O2/c1-21-16-45(9-10-48-21)17-22-11-25-27(28(12-22)34(35,36)37)18-46(32(25)47)30-14-23(13-29(42-30)40-19-33(4-5-33)6-7-38)26-15-39-8-3-24(26)31-43-41-20-44(31)2/h3,8,11-15,20-21H,4-6,9-10,16-19H2,1-2H3,(H,40,42)/t21-/m1/s1. The first-order valence-electron chi connectivity index (χ1n) is 15.8. The lowest BCUT2D eigenvalue weighted by Gasteiger charge is -2.31. The molecular weight excluding hydrogens is 623 g/mol. The molecule has 1 saturated carbocycles. The number of fused-ring (bicyclic) bond motifs is 1. The molecule has 2 aliphatic heterocycles. The van der Waals surface area contributed by atoms with E-state index in [-0.39, 0.29) is 41.6 Å². The number of morpholine rings is 1. The normalized spacial score (nSPS) is 18.9. The second-order valence-electron chi connectivity index (χ2n) is 12.9. The highest BCUT2D eigenvalue weighted by Gasteiger charge is 2.43. The first-order valence-corrected chi connectivity index (χ1v) is 15.8. The number of nitrogens with zero attached hydrogens (tertiary/aromatic N) is 8. The van der Waals surface area contributed by atoms with Gasteiger partial charge < -0.3 is 14.6 Å². The number of amides is 1. The van der Waals surface area contributed by atoms with Gasteiger partial charge in [-0.3, -0.25) is 19.6 Å². The highest BCUT2D eigenvalue weighted by Crippen LogP contribution is 2.48. The molecule has 3 aromatic heterocycles. The molecular formula is C34H34F3N9O2. The molecule has 1 aromatic carbocycles. The van der Waals surface area contributed by atoms with Crippen molar-refractivity contribution in [1.82, 2.24) is 29.6 Å². The second-order valence-corrected chi connectivity index (χ2v) is 12.9. The predicted molar refractivity (Wildman–Crippen MR) is 171 cm³/mol. The van der Waals surface area contributed by atoms with Gasteiger partial charge in [0.2, 0.25) is 0 Å². The van der Waals surface area contributed by atoms with Crippen LogP contribution in [0.25, 0.3) is 22.5 Å². The van der Waals surface area contributed by atoms with Gasteiger partial charge in [0.1, 0.15) is 18.0 Å². The number of hydrogen-bond acceptors (Lipinski definition) is 9. The van der Waals surface area contributed by atoms with Crippen LogP contribution in [0.5, 0.6) is 0 Å². The summed E-state index contributed by atoms with van der Waals surface area (Å²) in [6.45, 7) is 4.09. The van der Waals surface area contributed by atoms with Crippen molar-refractivity contribution in [2.45, 2.75) is 51.6 Å². The van der Waals surface area contributed by atoms with Gasteiger partial charge in [0.05, 0.1) is 30.9 Å². The molecule has 3 aliphatic rings. The average molecular weight is 658 g/mol. The summed E-state index contributed by atoms with van der Waals surface area (Å²) < 4.78 is 51.0. The number of pyridine rings is 2. The maximum atomic E-state index is 14.5. The lowest BCUT2D eigenvalue weighted by atomic mass is 9.98. The van der Waals surface area contributed by atoms with Gasteiger partial charge in [-0.15, -0.1) is 10.2 Å². The van der Waals surface area contributed by atoms with Gasteiger partial charge in [0, 0.05) is 74.1 Å². The first-order chi connectivity index (χ1) is 23.0. The minimum atomic E-state index is -4.66. The van der Waals surface area contributed by atoms with Gasteiger partial charge in [0.15, 0.2) is 5.82 Å². The Balaban J connectivity index is 1.28. The molecule has 0 spiro atoms. The van der Waals surface area contributed by atoms with Gasteiger partial charge in [-0.2, -0.15) is 18.4 Å². The van der Waals surface area contributed by atoms with Gasteiger partial charge >= 0.3 is 6.18 Å². The molecule has 4 aromatic rings. The molecule has 0 unspecified atom stereocenters. The summed E-state index contributed by atoms with van der Waals surface area (Å²) in [5.41, 5.74) is 1.46. The predicted octanol–water partition coefficient (Wildman–Crippen LogP) is 5.44. The van der Waals surface area contributed by atoms with Crippen LogP contribution in [0.4, 0.5) is 24.8 Å². The van der Waals surface area contributed by atoms with Gasteiger partial charge in [-0.25, -0.2) is 4.98 Å². The van der Waals surface area contributed by atoms with E-state index in [0.717, 1.165) is 18.4 Å². The van der Waals surface area contributed by atoms with Crippen LogP contribution < -0.4 is 10.2 Å². The molecule has 14 heteroatoms. The Bertz CT molecular complexity index is 1910. The maximum absolute atomic E-state index is 14.5. The summed E-state index contributed by atoms with van der Waals surface area (Å²) in [5.74, 6) is 0.672. The highest BCUT2D eigenvalue weighted by atomic mass is 19.4. The van der Waals surface area contributed by atoms with Crippen LogP contribution in [-0.4, -0.2) is 67.9 Å². The van der Waals surface area contributed by atoms with E-state index in [1.54, 1.807) is 35.4 Å². The second kappa shape index (κ2) is 12.3. The number of hydrogen-bond donors (Lipinski definition) is 1. The van der Waals surface area contributed by atoms with E-state index in [1.165, 1.54) is 11.0 Å². The molecule has 1 aliphatic carbocycles. The number of aromatic nitrogens is 5. The SMILES string of the molecule is C[C@@H]1CN(Cc2cc3c(c(C(F)(F)F)c2)CN(c2cc(-c4cnccc4-c4nncn4C)cc(NCC4(CC#N)CC4)n2)C3=O)CCO1. The Hall–Kier alpha value is -4.87. The number of ether oxygens (including phenoxy) is 1. The van der Waals surface area contributed by atoms with E-state index in [9.17, 15) is 23.2 Å². The minimum Gasteiger partial charge on any atom is -0.376 e. The maximum Gasteiger partial charge on any atom is 0.416 e. The number of carbonyl (C=O) groups is 1. The average Bonchev–Trinajstić information content (AvgIpc) is 3.56. The summed E-state index contributed by atoms with van der Waals surface area (Å²) in [7, 11) is 1.82. The Morgan fingerprint density at radius 3 is 2.71 bits per heavy atom. The van der Waals surface area contributed by atoms with E-state index in [2.05, 4.69) is 26.6 Å². The quantitative estimate of drug-likeness (QED) is 0.250. The van der Waals surface area contributed by atoms with Crippen LogP contribution in [-0.2, 0) is 31.1 Å². The van der Waals surface area contributed by atoms with E-state index < -0.39 is 17.6 Å². The van der Waals surface area contributed by atoms with Crippen LogP contribution in [0.2, 0.25) is 0 Å². The zero-order valence-corrected chi connectivity index (χ0v) is 26.6. The zero-order chi connectivity index (χ0) is 33.6. The monoisotopic (exact) mass is 657 g/mol. The number of rotatable bonds is 9. The number of aryl methyl sites for hydroxylation is 1. The largest absolute Gasteiger partial charge is 0.416 e. The Morgan fingerprint density at radius 2 is 2.00 bits per heavy atom. The summed E-state index contributed by atoms with van der Waals surface area (Å²) in [4.78, 5) is 26.5. The number of nitrogens with one attached hydrogen (secondary N) is 1. The van der Waals surface area contributed by atoms with Crippen molar-refractivity contribution in [1.29, 1.82) is 5.26 Å². The fraction of sp³-hybridized carbons (Fsp3) is 0.412. The third-order valence-corrected chi connectivity index (χ3v) is 9.37. The molecule has 0 bridgehead atoms. The molecule has 11 nitrogen and oxygen atoms in total. The summed E-state index contributed by atoms with van der Waals surface area (Å²) in [5, 5.41) is 21.0. The van der Waals surface area contributed by atoms with E-state index >= 15 is 0 Å². The number of nitriles is 1. The van der Waals surface area contributed by atoms with Crippen LogP contribution >= 0.6 is 0 Å². The molecule has 2 fully saturated rings. The number of benzene rings is 1. The lowest BCUT2D eigenvalue weighted by Crippen LogP contribution is -2.40.